The molecule has 0 saturated carbocycles. The molecule has 8 atom stereocenters. The minimum absolute atomic E-state index is 0.0168. The first-order valence-electron chi connectivity index (χ1n) is 15.5. The number of phenolic OH excluding ortho intramolecular Hbond substituents is 3. The van der Waals surface area contributed by atoms with E-state index in [2.05, 4.69) is 5.32 Å². The van der Waals surface area contributed by atoms with Gasteiger partial charge in [-0.2, -0.15) is 0 Å². The van der Waals surface area contributed by atoms with E-state index in [0.717, 1.165) is 5.56 Å². The number of phenols is 3. The molecule has 1 heterocycles. The number of hydrogen-bond acceptors (Lipinski definition) is 13. The van der Waals surface area contributed by atoms with Crippen LogP contribution in [0.4, 0.5) is 0 Å². The number of ether oxygens (including phenoxy) is 3. The topological polar surface area (TPSA) is 219 Å². The Morgan fingerprint density at radius 2 is 1.77 bits per heavy atom. The van der Waals surface area contributed by atoms with E-state index in [1.54, 1.807) is 43.3 Å². The molecule has 1 aliphatic heterocycles. The van der Waals surface area contributed by atoms with E-state index in [0.29, 0.717) is 10.1 Å². The van der Waals surface area contributed by atoms with Gasteiger partial charge < -0.3 is 60.4 Å². The minimum atomic E-state index is -2.22. The number of aliphatic hydroxyl groups is 5. The SMILES string of the molecule is COc1cccc2c1C(O)c1c(O)c3c(c(O)c1C2O)C[C@@](O)(C(=O)CO)C[C@@H]3OC1C[C@H](NCc2ccc(O)c(I)c2)[C@H](O)[C@H](C)O1. The van der Waals surface area contributed by atoms with Crippen molar-refractivity contribution in [2.45, 2.75) is 81.2 Å². The summed E-state index contributed by atoms with van der Waals surface area (Å²) in [6.07, 6.45) is -7.92. The van der Waals surface area contributed by atoms with Gasteiger partial charge in [-0.25, -0.2) is 0 Å². The van der Waals surface area contributed by atoms with Crippen molar-refractivity contribution in [1.29, 1.82) is 0 Å². The lowest BCUT2D eigenvalue weighted by atomic mass is 9.71. The highest BCUT2D eigenvalue weighted by molar-refractivity contribution is 14.1. The van der Waals surface area contributed by atoms with Crippen molar-refractivity contribution in [2.75, 3.05) is 13.7 Å². The molecule has 13 nitrogen and oxygen atoms in total. The summed E-state index contributed by atoms with van der Waals surface area (Å²) in [5.41, 5.74) is -1.42. The second-order valence-electron chi connectivity index (χ2n) is 12.6. The summed E-state index contributed by atoms with van der Waals surface area (Å²) in [6.45, 7) is 0.998. The quantitative estimate of drug-likeness (QED) is 0.118. The summed E-state index contributed by atoms with van der Waals surface area (Å²) in [5.74, 6) is -1.59. The van der Waals surface area contributed by atoms with Gasteiger partial charge in [0.05, 0.1) is 29.0 Å². The van der Waals surface area contributed by atoms with Crippen molar-refractivity contribution >= 4 is 28.4 Å². The monoisotopic (exact) mass is 779 g/mol. The maximum absolute atomic E-state index is 12.9. The summed E-state index contributed by atoms with van der Waals surface area (Å²) < 4.78 is 18.4. The van der Waals surface area contributed by atoms with Crippen LogP contribution in [0.3, 0.4) is 0 Å². The van der Waals surface area contributed by atoms with Crippen LogP contribution < -0.4 is 10.1 Å². The Bertz CT molecular complexity index is 1730. The third-order valence-electron chi connectivity index (χ3n) is 9.68. The number of nitrogens with one attached hydrogen (secondary N) is 1. The number of fused-ring (bicyclic) bond motifs is 3. The zero-order valence-electron chi connectivity index (χ0n) is 26.1. The molecule has 0 amide bonds. The lowest BCUT2D eigenvalue weighted by Gasteiger charge is -2.43. The highest BCUT2D eigenvalue weighted by atomic mass is 127. The van der Waals surface area contributed by atoms with Gasteiger partial charge in [0.25, 0.3) is 0 Å². The number of Topliss-reactive ketones (excluding diaryl/α,β-unsaturated/α-hetero) is 1. The lowest BCUT2D eigenvalue weighted by molar-refractivity contribution is -0.250. The maximum atomic E-state index is 12.9. The van der Waals surface area contributed by atoms with E-state index in [4.69, 9.17) is 14.2 Å². The molecule has 1 fully saturated rings. The predicted molar refractivity (Wildman–Crippen MR) is 176 cm³/mol. The Labute approximate surface area is 289 Å². The summed E-state index contributed by atoms with van der Waals surface area (Å²) in [4.78, 5) is 12.9. The van der Waals surface area contributed by atoms with E-state index in [9.17, 15) is 45.6 Å². The standard InChI is InChI=1S/C34H38INO12/c1-14-29(40)19(36-12-15-6-7-20(38)18(35)8-15)9-24(47-14)48-22-11-34(45,23(39)13-37)10-17-26(22)33(44)28-27(31(17)42)30(41)16-4-3-5-21(46-2)25(16)32(28)43/h3-8,14,19,22,24,29-30,32,36-38,40-45H,9-13H2,1-2H3/t14-,19-,22-,24?,29+,30?,32?,34-/m0/s1. The van der Waals surface area contributed by atoms with E-state index < -0.39 is 85.2 Å². The Hall–Kier alpha value is -3.06. The van der Waals surface area contributed by atoms with Crippen LogP contribution in [0.2, 0.25) is 0 Å². The van der Waals surface area contributed by atoms with Crippen LogP contribution in [0.1, 0.15) is 77.0 Å². The fraction of sp³-hybridized carbons (Fsp3) is 0.441. The molecule has 6 rings (SSSR count). The molecule has 3 aromatic carbocycles. The molecule has 9 N–H and O–H groups in total. The Balaban J connectivity index is 1.37. The molecule has 0 aromatic heterocycles. The zero-order chi connectivity index (χ0) is 34.7. The van der Waals surface area contributed by atoms with Crippen molar-refractivity contribution in [3.8, 4) is 23.0 Å². The van der Waals surface area contributed by atoms with Crippen LogP contribution in [-0.2, 0) is 27.2 Å². The smallest absolute Gasteiger partial charge is 0.190 e. The van der Waals surface area contributed by atoms with Crippen LogP contribution >= 0.6 is 22.6 Å². The summed E-state index contributed by atoms with van der Waals surface area (Å²) in [6, 6.07) is 9.33. The number of carbonyl (C=O) groups excluding carboxylic acids is 1. The fourth-order valence-electron chi connectivity index (χ4n) is 7.17. The Kier molecular flexibility index (Phi) is 9.67. The molecule has 1 saturated heterocycles. The van der Waals surface area contributed by atoms with E-state index in [1.807, 2.05) is 22.6 Å². The largest absolute Gasteiger partial charge is 0.507 e. The number of ketones is 1. The van der Waals surface area contributed by atoms with Gasteiger partial charge >= 0.3 is 0 Å². The van der Waals surface area contributed by atoms with Crippen molar-refractivity contribution in [3.63, 3.8) is 0 Å². The molecule has 14 heteroatoms. The number of benzene rings is 3. The first kappa shape index (κ1) is 34.8. The van der Waals surface area contributed by atoms with Crippen LogP contribution in [-0.4, -0.2) is 90.5 Å². The molecule has 258 valence electrons. The van der Waals surface area contributed by atoms with E-state index in [-0.39, 0.29) is 51.3 Å². The number of aromatic hydroxyl groups is 3. The van der Waals surface area contributed by atoms with Gasteiger partial charge in [0.1, 0.15) is 47.4 Å². The average molecular weight is 780 g/mol. The molecule has 0 bridgehead atoms. The van der Waals surface area contributed by atoms with Crippen molar-refractivity contribution in [2.24, 2.45) is 0 Å². The number of hydrogen-bond donors (Lipinski definition) is 9. The summed E-state index contributed by atoms with van der Waals surface area (Å²) >= 11 is 2.02. The van der Waals surface area contributed by atoms with Gasteiger partial charge in [-0.15, -0.1) is 0 Å². The molecule has 3 aromatic rings. The molecule has 48 heavy (non-hydrogen) atoms. The molecule has 0 spiro atoms. The normalized spacial score (nSPS) is 29.5. The van der Waals surface area contributed by atoms with Gasteiger partial charge in [-0.3, -0.25) is 4.79 Å². The van der Waals surface area contributed by atoms with Crippen LogP contribution in [0, 0.1) is 3.57 Å². The number of methoxy groups -OCH3 is 1. The number of aliphatic hydroxyl groups excluding tert-OH is 4. The van der Waals surface area contributed by atoms with Crippen molar-refractivity contribution < 1.29 is 59.9 Å². The van der Waals surface area contributed by atoms with Gasteiger partial charge in [-0.1, -0.05) is 18.2 Å². The first-order valence-corrected chi connectivity index (χ1v) is 16.6. The van der Waals surface area contributed by atoms with Crippen LogP contribution in [0.5, 0.6) is 23.0 Å². The Morgan fingerprint density at radius 1 is 1.04 bits per heavy atom. The van der Waals surface area contributed by atoms with Gasteiger partial charge in [0, 0.05) is 59.7 Å². The van der Waals surface area contributed by atoms with Crippen LogP contribution in [0.15, 0.2) is 36.4 Å². The second-order valence-corrected chi connectivity index (χ2v) is 13.7. The predicted octanol–water partition coefficient (Wildman–Crippen LogP) is 1.84. The maximum Gasteiger partial charge on any atom is 0.190 e. The van der Waals surface area contributed by atoms with Gasteiger partial charge in [0.2, 0.25) is 0 Å². The second kappa shape index (κ2) is 13.3. The molecular formula is C34H38INO12. The highest BCUT2D eigenvalue weighted by Gasteiger charge is 2.50. The van der Waals surface area contributed by atoms with Gasteiger partial charge in [0.15, 0.2) is 12.1 Å². The summed E-state index contributed by atoms with van der Waals surface area (Å²) in [7, 11) is 1.40. The molecule has 3 unspecified atom stereocenters. The number of rotatable bonds is 8. The third kappa shape index (κ3) is 5.92. The zero-order valence-corrected chi connectivity index (χ0v) is 28.3. The molecule has 0 radical (unpaired) electrons. The number of halogens is 1. The highest BCUT2D eigenvalue weighted by Crippen LogP contribution is 2.57. The third-order valence-corrected chi connectivity index (χ3v) is 10.5. The first-order chi connectivity index (χ1) is 22.8. The minimum Gasteiger partial charge on any atom is -0.507 e. The average Bonchev–Trinajstić information content (AvgIpc) is 3.06. The Morgan fingerprint density at radius 3 is 2.46 bits per heavy atom. The van der Waals surface area contributed by atoms with Crippen molar-refractivity contribution in [3.05, 3.63) is 78.9 Å². The van der Waals surface area contributed by atoms with Crippen molar-refractivity contribution in [1.82, 2.24) is 5.32 Å². The van der Waals surface area contributed by atoms with Crippen LogP contribution in [0.25, 0.3) is 0 Å². The van der Waals surface area contributed by atoms with Gasteiger partial charge in [-0.05, 0) is 58.8 Å². The summed E-state index contributed by atoms with van der Waals surface area (Å²) in [5, 5.41) is 91.8. The fourth-order valence-corrected chi connectivity index (χ4v) is 7.74. The number of carbonyl (C=O) groups is 1. The molecular weight excluding hydrogens is 741 g/mol. The van der Waals surface area contributed by atoms with E-state index >= 15 is 0 Å². The van der Waals surface area contributed by atoms with E-state index in [1.165, 1.54) is 7.11 Å². The molecule has 3 aliphatic rings. The molecule has 2 aliphatic carbocycles. The lowest BCUT2D eigenvalue weighted by Crippen LogP contribution is -2.54.